The summed E-state index contributed by atoms with van der Waals surface area (Å²) in [4.78, 5) is 24.8. The van der Waals surface area contributed by atoms with Gasteiger partial charge < -0.3 is 9.84 Å². The van der Waals surface area contributed by atoms with Crippen molar-refractivity contribution in [2.45, 2.75) is 44.8 Å². The minimum Gasteiger partial charge on any atom is -0.480 e. The van der Waals surface area contributed by atoms with Gasteiger partial charge in [-0.15, -0.1) is 0 Å². The van der Waals surface area contributed by atoms with Gasteiger partial charge in [0.1, 0.15) is 17.5 Å². The summed E-state index contributed by atoms with van der Waals surface area (Å²) in [5.41, 5.74) is -0.282. The van der Waals surface area contributed by atoms with E-state index in [4.69, 9.17) is 4.74 Å². The number of amides is 1. The Labute approximate surface area is 128 Å². The molecule has 1 N–H and O–H groups in total. The normalized spacial score (nSPS) is 21.7. The Morgan fingerprint density at radius 1 is 1.32 bits per heavy atom. The van der Waals surface area contributed by atoms with Gasteiger partial charge in [0, 0.05) is 12.5 Å². The lowest BCUT2D eigenvalue weighted by Gasteiger charge is -2.26. The van der Waals surface area contributed by atoms with Crippen LogP contribution in [0, 0.1) is 5.82 Å². The molecule has 0 radical (unpaired) electrons. The van der Waals surface area contributed by atoms with Gasteiger partial charge in [-0.25, -0.2) is 14.0 Å². The van der Waals surface area contributed by atoms with Crippen LogP contribution >= 0.6 is 0 Å². The van der Waals surface area contributed by atoms with Crippen molar-refractivity contribution in [1.29, 1.82) is 0 Å². The molecule has 1 aliphatic heterocycles. The number of likely N-dealkylation sites (tertiary alicyclic amines) is 1. The van der Waals surface area contributed by atoms with Gasteiger partial charge in [-0.1, -0.05) is 18.2 Å². The average molecular weight is 309 g/mol. The van der Waals surface area contributed by atoms with Crippen molar-refractivity contribution in [2.24, 2.45) is 0 Å². The summed E-state index contributed by atoms with van der Waals surface area (Å²) in [6.07, 6.45) is -0.506. The molecule has 0 aromatic heterocycles. The van der Waals surface area contributed by atoms with Crippen LogP contribution in [0.3, 0.4) is 0 Å². The Bertz CT molecular complexity index is 582. The monoisotopic (exact) mass is 309 g/mol. The second-order valence-corrected chi connectivity index (χ2v) is 6.44. The molecule has 0 unspecified atom stereocenters. The highest BCUT2D eigenvalue weighted by molar-refractivity contribution is 5.81. The highest BCUT2D eigenvalue weighted by Gasteiger charge is 2.42. The summed E-state index contributed by atoms with van der Waals surface area (Å²) < 4.78 is 19.1. The van der Waals surface area contributed by atoms with Crippen LogP contribution in [-0.2, 0) is 9.53 Å². The van der Waals surface area contributed by atoms with E-state index in [9.17, 15) is 19.1 Å². The lowest BCUT2D eigenvalue weighted by molar-refractivity contribution is -0.142. The van der Waals surface area contributed by atoms with Crippen LogP contribution in [0.15, 0.2) is 24.3 Å². The summed E-state index contributed by atoms with van der Waals surface area (Å²) >= 11 is 0. The molecule has 1 saturated heterocycles. The SMILES string of the molecule is CC(C)(C)OC(=O)N1C[C@H](c2ccccc2F)C[C@@H]1C(=O)O. The largest absolute Gasteiger partial charge is 0.480 e. The number of carbonyl (C=O) groups is 2. The van der Waals surface area contributed by atoms with Gasteiger partial charge in [-0.05, 0) is 38.8 Å². The summed E-state index contributed by atoms with van der Waals surface area (Å²) in [6.45, 7) is 5.27. The Morgan fingerprint density at radius 2 is 1.95 bits per heavy atom. The zero-order valence-electron chi connectivity index (χ0n) is 12.9. The summed E-state index contributed by atoms with van der Waals surface area (Å²) in [6, 6.07) is 5.23. The number of hydrogen-bond acceptors (Lipinski definition) is 3. The fraction of sp³-hybridized carbons (Fsp3) is 0.500. The molecule has 1 aliphatic rings. The van der Waals surface area contributed by atoms with Gasteiger partial charge in [-0.3, -0.25) is 4.90 Å². The minimum absolute atomic E-state index is 0.132. The van der Waals surface area contributed by atoms with Crippen molar-refractivity contribution < 1.29 is 23.8 Å². The van der Waals surface area contributed by atoms with E-state index < -0.39 is 23.7 Å². The molecular weight excluding hydrogens is 289 g/mol. The molecule has 1 amide bonds. The molecular formula is C16H20FNO4. The Balaban J connectivity index is 2.22. The van der Waals surface area contributed by atoms with Gasteiger partial charge in [0.15, 0.2) is 0 Å². The van der Waals surface area contributed by atoms with E-state index in [-0.39, 0.29) is 24.7 Å². The number of ether oxygens (including phenoxy) is 1. The molecule has 1 aromatic carbocycles. The number of rotatable bonds is 2. The molecule has 22 heavy (non-hydrogen) atoms. The number of halogens is 1. The minimum atomic E-state index is -1.11. The molecule has 0 bridgehead atoms. The number of carbonyl (C=O) groups excluding carboxylic acids is 1. The Kier molecular flexibility index (Phi) is 4.39. The van der Waals surface area contributed by atoms with Gasteiger partial charge >= 0.3 is 12.1 Å². The molecule has 0 saturated carbocycles. The number of carboxylic acids is 1. The van der Waals surface area contributed by atoms with Crippen molar-refractivity contribution in [2.75, 3.05) is 6.54 Å². The van der Waals surface area contributed by atoms with Crippen LogP contribution in [-0.4, -0.2) is 40.3 Å². The number of hydrogen-bond donors (Lipinski definition) is 1. The maximum atomic E-state index is 13.9. The van der Waals surface area contributed by atoms with Crippen molar-refractivity contribution in [3.63, 3.8) is 0 Å². The summed E-state index contributed by atoms with van der Waals surface area (Å²) in [5.74, 6) is -1.85. The number of benzene rings is 1. The molecule has 1 fully saturated rings. The zero-order valence-corrected chi connectivity index (χ0v) is 12.9. The number of nitrogens with zero attached hydrogens (tertiary/aromatic N) is 1. The second-order valence-electron chi connectivity index (χ2n) is 6.44. The molecule has 5 nitrogen and oxygen atoms in total. The lowest BCUT2D eigenvalue weighted by Crippen LogP contribution is -2.43. The van der Waals surface area contributed by atoms with E-state index in [1.807, 2.05) is 0 Å². The number of aliphatic carboxylic acids is 1. The van der Waals surface area contributed by atoms with Gasteiger partial charge in [0.05, 0.1) is 0 Å². The first-order chi connectivity index (χ1) is 10.2. The molecule has 0 spiro atoms. The maximum absolute atomic E-state index is 13.9. The fourth-order valence-electron chi connectivity index (χ4n) is 2.62. The average Bonchev–Trinajstić information content (AvgIpc) is 2.82. The van der Waals surface area contributed by atoms with Crippen LogP contribution in [0.1, 0.15) is 38.7 Å². The maximum Gasteiger partial charge on any atom is 0.411 e. The predicted octanol–water partition coefficient (Wildman–Crippen LogP) is 3.00. The van der Waals surface area contributed by atoms with Crippen molar-refractivity contribution in [1.82, 2.24) is 4.90 Å². The standard InChI is InChI=1S/C16H20FNO4/c1-16(2,3)22-15(21)18-9-10(8-13(18)14(19)20)11-6-4-5-7-12(11)17/h4-7,10,13H,8-9H2,1-3H3,(H,19,20)/t10-,13-/m1/s1. The van der Waals surface area contributed by atoms with E-state index in [0.717, 1.165) is 0 Å². The lowest BCUT2D eigenvalue weighted by atomic mass is 9.96. The zero-order chi connectivity index (χ0) is 16.5. The third-order valence-corrected chi connectivity index (χ3v) is 3.56. The first-order valence-corrected chi connectivity index (χ1v) is 7.16. The summed E-state index contributed by atoms with van der Waals surface area (Å²) in [5, 5.41) is 9.32. The molecule has 1 aromatic rings. The van der Waals surface area contributed by atoms with Crippen LogP contribution in [0.4, 0.5) is 9.18 Å². The van der Waals surface area contributed by atoms with Crippen molar-refractivity contribution in [3.05, 3.63) is 35.6 Å². The molecule has 2 atom stereocenters. The molecule has 1 heterocycles. The fourth-order valence-corrected chi connectivity index (χ4v) is 2.62. The van der Waals surface area contributed by atoms with Gasteiger partial charge in [0.25, 0.3) is 0 Å². The van der Waals surface area contributed by atoms with Crippen molar-refractivity contribution in [3.8, 4) is 0 Å². The van der Waals surface area contributed by atoms with E-state index >= 15 is 0 Å². The summed E-state index contributed by atoms with van der Waals surface area (Å²) in [7, 11) is 0. The van der Waals surface area contributed by atoms with E-state index in [2.05, 4.69) is 0 Å². The molecule has 120 valence electrons. The van der Waals surface area contributed by atoms with Crippen LogP contribution in [0.25, 0.3) is 0 Å². The van der Waals surface area contributed by atoms with E-state index in [1.165, 1.54) is 11.0 Å². The first kappa shape index (κ1) is 16.3. The van der Waals surface area contributed by atoms with Gasteiger partial charge in [0.2, 0.25) is 0 Å². The Hall–Kier alpha value is -2.11. The molecule has 6 heteroatoms. The first-order valence-electron chi connectivity index (χ1n) is 7.16. The Morgan fingerprint density at radius 3 is 2.50 bits per heavy atom. The van der Waals surface area contributed by atoms with Gasteiger partial charge in [-0.2, -0.15) is 0 Å². The third-order valence-electron chi connectivity index (χ3n) is 3.56. The molecule has 0 aliphatic carbocycles. The highest BCUT2D eigenvalue weighted by atomic mass is 19.1. The second kappa shape index (κ2) is 5.94. The van der Waals surface area contributed by atoms with E-state index in [0.29, 0.717) is 5.56 Å². The number of carboxylic acid groups (broad SMARTS) is 1. The highest BCUT2D eigenvalue weighted by Crippen LogP contribution is 2.34. The van der Waals surface area contributed by atoms with Crippen molar-refractivity contribution >= 4 is 12.1 Å². The van der Waals surface area contributed by atoms with Crippen LogP contribution < -0.4 is 0 Å². The van der Waals surface area contributed by atoms with E-state index in [1.54, 1.807) is 39.0 Å². The topological polar surface area (TPSA) is 66.8 Å². The quantitative estimate of drug-likeness (QED) is 0.912. The third kappa shape index (κ3) is 3.55. The molecule has 2 rings (SSSR count). The predicted molar refractivity (Wildman–Crippen MR) is 78.1 cm³/mol. The van der Waals surface area contributed by atoms with Crippen LogP contribution in [0.2, 0.25) is 0 Å². The smallest absolute Gasteiger partial charge is 0.411 e. The van der Waals surface area contributed by atoms with Crippen LogP contribution in [0.5, 0.6) is 0 Å².